The molecular weight excluding hydrogens is 260 g/mol. The lowest BCUT2D eigenvalue weighted by Crippen LogP contribution is -2.29. The van der Waals surface area contributed by atoms with Gasteiger partial charge in [-0.2, -0.15) is 0 Å². The first-order valence-electron chi connectivity index (χ1n) is 8.27. The Balaban J connectivity index is 2.18. The number of rotatable bonds is 7. The topological polar surface area (TPSA) is 45.4 Å². The van der Waals surface area contributed by atoms with Gasteiger partial charge in [0.2, 0.25) is 0 Å². The molecule has 0 amide bonds. The first-order valence-corrected chi connectivity index (χ1v) is 8.27. The summed E-state index contributed by atoms with van der Waals surface area (Å²) in [6.45, 7) is 5.94. The fourth-order valence-electron chi connectivity index (χ4n) is 3.09. The van der Waals surface area contributed by atoms with E-state index in [1.54, 1.807) is 0 Å². The lowest BCUT2D eigenvalue weighted by Gasteiger charge is -2.27. The zero-order chi connectivity index (χ0) is 15.2. The van der Waals surface area contributed by atoms with E-state index in [9.17, 15) is 0 Å². The van der Waals surface area contributed by atoms with E-state index in [0.29, 0.717) is 6.54 Å². The Bertz CT molecular complexity index is 456. The number of hydrogen-bond donors (Lipinski definition) is 1. The molecule has 1 aromatic heterocycles. The van der Waals surface area contributed by atoms with Gasteiger partial charge in [0.05, 0.1) is 0 Å². The van der Waals surface area contributed by atoms with E-state index in [2.05, 4.69) is 36.9 Å². The van der Waals surface area contributed by atoms with Crippen LogP contribution in [0.4, 0.5) is 5.82 Å². The molecule has 0 fully saturated rings. The van der Waals surface area contributed by atoms with E-state index in [-0.39, 0.29) is 0 Å². The monoisotopic (exact) mass is 290 g/mol. The highest BCUT2D eigenvalue weighted by Crippen LogP contribution is 2.26. The molecule has 1 aromatic rings. The molecule has 4 heteroatoms. The third-order valence-electron chi connectivity index (χ3n) is 4.29. The summed E-state index contributed by atoms with van der Waals surface area (Å²) in [4.78, 5) is 9.61. The predicted octanol–water partition coefficient (Wildman–Crippen LogP) is 2.20. The van der Waals surface area contributed by atoms with Gasteiger partial charge < -0.3 is 15.5 Å². The minimum Gasteiger partial charge on any atom is -0.357 e. The molecule has 0 radical (unpaired) electrons. The first kappa shape index (κ1) is 16.2. The Morgan fingerprint density at radius 2 is 1.95 bits per heavy atom. The fourth-order valence-corrected chi connectivity index (χ4v) is 3.09. The Morgan fingerprint density at radius 3 is 2.62 bits per heavy atom. The maximum absolute atomic E-state index is 5.98. The van der Waals surface area contributed by atoms with Crippen LogP contribution >= 0.6 is 0 Å². The van der Waals surface area contributed by atoms with Crippen LogP contribution < -0.4 is 10.6 Å². The van der Waals surface area contributed by atoms with Crippen LogP contribution in [0.5, 0.6) is 0 Å². The normalized spacial score (nSPS) is 14.3. The Morgan fingerprint density at radius 1 is 1.19 bits per heavy atom. The van der Waals surface area contributed by atoms with Gasteiger partial charge >= 0.3 is 0 Å². The van der Waals surface area contributed by atoms with Crippen molar-refractivity contribution in [3.8, 4) is 0 Å². The minimum absolute atomic E-state index is 0.583. The first-order chi connectivity index (χ1) is 10.2. The van der Waals surface area contributed by atoms with Crippen LogP contribution in [0.1, 0.15) is 43.0 Å². The van der Waals surface area contributed by atoms with Gasteiger partial charge in [0, 0.05) is 30.9 Å². The predicted molar refractivity (Wildman–Crippen MR) is 89.8 cm³/mol. The highest BCUT2D eigenvalue weighted by atomic mass is 15.2. The van der Waals surface area contributed by atoms with Crippen molar-refractivity contribution >= 4 is 5.82 Å². The van der Waals surface area contributed by atoms with Gasteiger partial charge in [-0.1, -0.05) is 0 Å². The number of fused-ring (bicyclic) bond motifs is 1. The molecule has 0 unspecified atom stereocenters. The van der Waals surface area contributed by atoms with Crippen molar-refractivity contribution < 1.29 is 0 Å². The number of aromatic nitrogens is 1. The van der Waals surface area contributed by atoms with Crippen LogP contribution in [0.25, 0.3) is 0 Å². The average Bonchev–Trinajstić information content (AvgIpc) is 2.50. The SMILES string of the molecule is CCN(CCCN(C)C)c1nc2c(cc1CN)CCCC2. The van der Waals surface area contributed by atoms with Crippen molar-refractivity contribution in [2.24, 2.45) is 5.73 Å². The standard InChI is InChI=1S/C17H30N4/c1-4-21(11-7-10-20(2)3)17-15(13-18)12-14-8-5-6-9-16(14)19-17/h12H,4-11,13,18H2,1-3H3. The van der Waals surface area contributed by atoms with E-state index < -0.39 is 0 Å². The lowest BCUT2D eigenvalue weighted by atomic mass is 9.94. The van der Waals surface area contributed by atoms with Gasteiger partial charge in [-0.05, 0) is 71.3 Å². The van der Waals surface area contributed by atoms with E-state index in [0.717, 1.165) is 38.3 Å². The average molecular weight is 290 g/mol. The van der Waals surface area contributed by atoms with E-state index in [1.807, 2.05) is 0 Å². The number of nitrogens with zero attached hydrogens (tertiary/aromatic N) is 3. The quantitative estimate of drug-likeness (QED) is 0.836. The Hall–Kier alpha value is -1.13. The Kier molecular flexibility index (Phi) is 6.00. The molecule has 1 aliphatic carbocycles. The van der Waals surface area contributed by atoms with Crippen molar-refractivity contribution in [1.29, 1.82) is 0 Å². The smallest absolute Gasteiger partial charge is 0.133 e. The zero-order valence-electron chi connectivity index (χ0n) is 13.9. The molecule has 0 aromatic carbocycles. The summed E-state index contributed by atoms with van der Waals surface area (Å²) >= 11 is 0. The number of pyridine rings is 1. The third-order valence-corrected chi connectivity index (χ3v) is 4.29. The molecule has 4 nitrogen and oxygen atoms in total. The summed E-state index contributed by atoms with van der Waals surface area (Å²) in [5.74, 6) is 1.12. The second kappa shape index (κ2) is 7.76. The molecule has 0 atom stereocenters. The highest BCUT2D eigenvalue weighted by molar-refractivity contribution is 5.50. The number of anilines is 1. The number of hydrogen-bond acceptors (Lipinski definition) is 4. The second-order valence-electron chi connectivity index (χ2n) is 6.22. The molecule has 1 heterocycles. The van der Waals surface area contributed by atoms with Crippen LogP contribution in [-0.4, -0.2) is 43.6 Å². The molecule has 2 rings (SSSR count). The molecule has 21 heavy (non-hydrogen) atoms. The maximum Gasteiger partial charge on any atom is 0.133 e. The number of aryl methyl sites for hydroxylation is 2. The minimum atomic E-state index is 0.583. The van der Waals surface area contributed by atoms with E-state index >= 15 is 0 Å². The molecular formula is C17H30N4. The lowest BCUT2D eigenvalue weighted by molar-refractivity contribution is 0.400. The summed E-state index contributed by atoms with van der Waals surface area (Å²) in [6, 6.07) is 2.31. The van der Waals surface area contributed by atoms with Gasteiger partial charge in [-0.15, -0.1) is 0 Å². The largest absolute Gasteiger partial charge is 0.357 e. The molecule has 0 bridgehead atoms. The van der Waals surface area contributed by atoms with E-state index in [1.165, 1.54) is 36.1 Å². The third kappa shape index (κ3) is 4.17. The fraction of sp³-hybridized carbons (Fsp3) is 0.706. The van der Waals surface area contributed by atoms with Crippen molar-refractivity contribution in [1.82, 2.24) is 9.88 Å². The second-order valence-corrected chi connectivity index (χ2v) is 6.22. The van der Waals surface area contributed by atoms with Crippen molar-refractivity contribution in [3.05, 3.63) is 22.9 Å². The summed E-state index contributed by atoms with van der Waals surface area (Å²) in [5, 5.41) is 0. The van der Waals surface area contributed by atoms with Crippen molar-refractivity contribution in [2.75, 3.05) is 38.6 Å². The Labute approximate surface area is 129 Å². The van der Waals surface area contributed by atoms with Crippen LogP contribution in [-0.2, 0) is 19.4 Å². The van der Waals surface area contributed by atoms with Crippen LogP contribution in [0.15, 0.2) is 6.07 Å². The molecule has 118 valence electrons. The van der Waals surface area contributed by atoms with Crippen LogP contribution in [0.2, 0.25) is 0 Å². The molecule has 0 spiro atoms. The highest BCUT2D eigenvalue weighted by Gasteiger charge is 2.17. The van der Waals surface area contributed by atoms with Gasteiger partial charge in [0.1, 0.15) is 5.82 Å². The summed E-state index contributed by atoms with van der Waals surface area (Å²) < 4.78 is 0. The van der Waals surface area contributed by atoms with Crippen LogP contribution in [0.3, 0.4) is 0 Å². The van der Waals surface area contributed by atoms with Crippen LogP contribution in [0, 0.1) is 0 Å². The van der Waals surface area contributed by atoms with Crippen molar-refractivity contribution in [2.45, 2.75) is 45.6 Å². The van der Waals surface area contributed by atoms with Gasteiger partial charge in [0.15, 0.2) is 0 Å². The molecule has 2 N–H and O–H groups in total. The van der Waals surface area contributed by atoms with E-state index in [4.69, 9.17) is 10.7 Å². The van der Waals surface area contributed by atoms with Gasteiger partial charge in [-0.3, -0.25) is 0 Å². The van der Waals surface area contributed by atoms with Crippen molar-refractivity contribution in [3.63, 3.8) is 0 Å². The van der Waals surface area contributed by atoms with Gasteiger partial charge in [-0.25, -0.2) is 4.98 Å². The molecule has 1 aliphatic rings. The molecule has 0 saturated carbocycles. The summed E-state index contributed by atoms with van der Waals surface area (Å²) in [6.07, 6.45) is 6.01. The summed E-state index contributed by atoms with van der Waals surface area (Å²) in [5.41, 5.74) is 9.92. The number of nitrogens with two attached hydrogens (primary N) is 1. The maximum atomic E-state index is 5.98. The zero-order valence-corrected chi connectivity index (χ0v) is 13.9. The van der Waals surface area contributed by atoms with Gasteiger partial charge in [0.25, 0.3) is 0 Å². The molecule has 0 aliphatic heterocycles. The molecule has 0 saturated heterocycles. The summed E-state index contributed by atoms with van der Waals surface area (Å²) in [7, 11) is 4.25.